The van der Waals surface area contributed by atoms with Crippen LogP contribution in [-0.2, 0) is 13.2 Å². The number of amides is 1. The van der Waals surface area contributed by atoms with Crippen molar-refractivity contribution in [3.05, 3.63) is 45.9 Å². The first kappa shape index (κ1) is 19.0. The second-order valence-corrected chi connectivity index (χ2v) is 7.68. The summed E-state index contributed by atoms with van der Waals surface area (Å²) in [6.45, 7) is 3.86. The molecular weight excluding hydrogens is 380 g/mol. The minimum absolute atomic E-state index is 0.0473. The minimum atomic E-state index is -0.237. The second kappa shape index (κ2) is 7.56. The lowest BCUT2D eigenvalue weighted by Crippen LogP contribution is -2.39. The molecule has 3 heterocycles. The van der Waals surface area contributed by atoms with Crippen molar-refractivity contribution in [1.29, 1.82) is 0 Å². The van der Waals surface area contributed by atoms with Gasteiger partial charge in [-0.1, -0.05) is 17.7 Å². The fourth-order valence-electron chi connectivity index (χ4n) is 3.78. The molecule has 1 N–H and O–H groups in total. The molecule has 1 saturated heterocycles. The highest BCUT2D eigenvalue weighted by molar-refractivity contribution is 6.30. The Hall–Kier alpha value is -2.38. The van der Waals surface area contributed by atoms with E-state index in [0.717, 1.165) is 54.2 Å². The highest BCUT2D eigenvalue weighted by Gasteiger charge is 2.27. The number of rotatable bonds is 4. The maximum Gasteiger partial charge on any atom is 0.254 e. The summed E-state index contributed by atoms with van der Waals surface area (Å²) in [5.41, 5.74) is 2.60. The summed E-state index contributed by atoms with van der Waals surface area (Å²) in [5.74, 6) is 1.89. The van der Waals surface area contributed by atoms with Crippen LogP contribution in [0.25, 0.3) is 0 Å². The van der Waals surface area contributed by atoms with E-state index in [1.807, 2.05) is 32.2 Å². The van der Waals surface area contributed by atoms with Gasteiger partial charge in [-0.05, 0) is 24.6 Å². The molecule has 8 heteroatoms. The molecule has 2 aromatic rings. The number of piperidine rings is 1. The maximum absolute atomic E-state index is 12.2. The number of nitrogens with zero attached hydrogens (tertiary/aromatic N) is 4. The van der Waals surface area contributed by atoms with Gasteiger partial charge in [0.2, 0.25) is 0 Å². The molecule has 148 valence electrons. The normalized spacial score (nSPS) is 17.2. The van der Waals surface area contributed by atoms with E-state index in [-0.39, 0.29) is 18.6 Å². The van der Waals surface area contributed by atoms with Crippen molar-refractivity contribution in [2.24, 2.45) is 0 Å². The number of aliphatic hydroxyl groups excluding tert-OH is 1. The molecule has 0 aliphatic carbocycles. The van der Waals surface area contributed by atoms with E-state index >= 15 is 0 Å². The molecule has 0 radical (unpaired) electrons. The molecule has 4 rings (SSSR count). The summed E-state index contributed by atoms with van der Waals surface area (Å²) in [6, 6.07) is 5.78. The van der Waals surface area contributed by atoms with Gasteiger partial charge in [-0.15, -0.1) is 0 Å². The van der Waals surface area contributed by atoms with E-state index in [2.05, 4.69) is 14.9 Å². The topological polar surface area (TPSA) is 78.8 Å². The number of carbonyl (C=O) groups is 1. The highest BCUT2D eigenvalue weighted by atomic mass is 35.5. The fourth-order valence-corrected chi connectivity index (χ4v) is 3.96. The van der Waals surface area contributed by atoms with E-state index in [4.69, 9.17) is 16.3 Å². The first-order chi connectivity index (χ1) is 13.5. The summed E-state index contributed by atoms with van der Waals surface area (Å²) in [7, 11) is 1.81. The third kappa shape index (κ3) is 3.52. The van der Waals surface area contributed by atoms with E-state index in [9.17, 15) is 9.90 Å². The Labute approximate surface area is 168 Å². The predicted molar refractivity (Wildman–Crippen MR) is 106 cm³/mol. The lowest BCUT2D eigenvalue weighted by atomic mass is 10.1. The number of hydrogen-bond acceptors (Lipinski definition) is 6. The molecule has 0 spiro atoms. The smallest absolute Gasteiger partial charge is 0.254 e. The summed E-state index contributed by atoms with van der Waals surface area (Å²) < 4.78 is 6.15. The number of fused-ring (bicyclic) bond motifs is 1. The molecule has 1 fully saturated rings. The molecule has 0 unspecified atom stereocenters. The molecule has 1 amide bonds. The summed E-state index contributed by atoms with van der Waals surface area (Å²) >= 11 is 6.18. The van der Waals surface area contributed by atoms with Gasteiger partial charge in [0, 0.05) is 50.7 Å². The Balaban J connectivity index is 1.42. The molecule has 7 nitrogen and oxygen atoms in total. The Morgan fingerprint density at radius 3 is 2.75 bits per heavy atom. The van der Waals surface area contributed by atoms with Crippen LogP contribution < -0.4 is 9.64 Å². The second-order valence-electron chi connectivity index (χ2n) is 7.32. The Morgan fingerprint density at radius 2 is 2.04 bits per heavy atom. The zero-order valence-corrected chi connectivity index (χ0v) is 16.7. The van der Waals surface area contributed by atoms with Crippen LogP contribution in [0.5, 0.6) is 5.75 Å². The van der Waals surface area contributed by atoms with Gasteiger partial charge in [0.1, 0.15) is 29.4 Å². The largest absolute Gasteiger partial charge is 0.490 e. The van der Waals surface area contributed by atoms with Crippen LogP contribution in [0.2, 0.25) is 5.15 Å². The van der Waals surface area contributed by atoms with Crippen LogP contribution in [0, 0.1) is 6.92 Å². The number of benzene rings is 1. The molecule has 0 saturated carbocycles. The van der Waals surface area contributed by atoms with Crippen molar-refractivity contribution in [2.45, 2.75) is 39.0 Å². The quantitative estimate of drug-likeness (QED) is 0.792. The first-order valence-corrected chi connectivity index (χ1v) is 9.78. The lowest BCUT2D eigenvalue weighted by Gasteiger charge is -2.34. The average molecular weight is 403 g/mol. The molecular formula is C20H23ClN4O3. The summed E-state index contributed by atoms with van der Waals surface area (Å²) in [4.78, 5) is 24.6. The van der Waals surface area contributed by atoms with Gasteiger partial charge in [-0.25, -0.2) is 9.97 Å². The van der Waals surface area contributed by atoms with Crippen molar-refractivity contribution in [2.75, 3.05) is 25.0 Å². The number of aromatic nitrogens is 2. The molecule has 0 atom stereocenters. The van der Waals surface area contributed by atoms with Crippen molar-refractivity contribution < 1.29 is 14.6 Å². The van der Waals surface area contributed by atoms with Crippen molar-refractivity contribution in [3.63, 3.8) is 0 Å². The fraction of sp³-hybridized carbons (Fsp3) is 0.450. The predicted octanol–water partition coefficient (Wildman–Crippen LogP) is 2.56. The van der Waals surface area contributed by atoms with E-state index < -0.39 is 0 Å². The Morgan fingerprint density at radius 1 is 1.29 bits per heavy atom. The molecule has 0 bridgehead atoms. The third-order valence-electron chi connectivity index (χ3n) is 5.36. The van der Waals surface area contributed by atoms with Crippen LogP contribution in [0.3, 0.4) is 0 Å². The maximum atomic E-state index is 12.2. The van der Waals surface area contributed by atoms with E-state index in [0.29, 0.717) is 17.5 Å². The molecule has 1 aromatic heterocycles. The van der Waals surface area contributed by atoms with Crippen LogP contribution in [0.15, 0.2) is 18.2 Å². The van der Waals surface area contributed by atoms with E-state index in [1.165, 1.54) is 0 Å². The third-order valence-corrected chi connectivity index (χ3v) is 5.73. The Kier molecular flexibility index (Phi) is 5.12. The van der Waals surface area contributed by atoms with E-state index in [1.54, 1.807) is 4.90 Å². The van der Waals surface area contributed by atoms with Gasteiger partial charge in [-0.3, -0.25) is 4.79 Å². The zero-order chi connectivity index (χ0) is 19.8. The summed E-state index contributed by atoms with van der Waals surface area (Å²) in [6.07, 6.45) is 1.75. The van der Waals surface area contributed by atoms with Crippen LogP contribution in [-0.4, -0.2) is 52.1 Å². The SMILES string of the molecule is Cc1c(Cl)nc(CO)nc1N1CCC(Oc2ccc3c(c2)C(=O)N(C)C3)CC1. The van der Waals surface area contributed by atoms with Crippen molar-refractivity contribution in [3.8, 4) is 5.75 Å². The number of ether oxygens (including phenoxy) is 1. The van der Waals surface area contributed by atoms with Crippen molar-refractivity contribution >= 4 is 23.3 Å². The number of carbonyl (C=O) groups excluding carboxylic acids is 1. The standard InChI is InChI=1S/C20H23ClN4O3/c1-12-18(21)22-17(11-26)23-19(12)25-7-5-14(6-8-25)28-15-4-3-13-10-24(2)20(27)16(13)9-15/h3-4,9,14,26H,5-8,10-11H2,1-2H3. The molecule has 2 aliphatic heterocycles. The minimum Gasteiger partial charge on any atom is -0.490 e. The van der Waals surface area contributed by atoms with Gasteiger partial charge in [0.25, 0.3) is 5.91 Å². The van der Waals surface area contributed by atoms with Crippen molar-refractivity contribution in [1.82, 2.24) is 14.9 Å². The Bertz CT molecular complexity index is 913. The molecule has 2 aliphatic rings. The molecule has 28 heavy (non-hydrogen) atoms. The van der Waals surface area contributed by atoms with Crippen LogP contribution in [0.1, 0.15) is 40.2 Å². The number of hydrogen-bond donors (Lipinski definition) is 1. The lowest BCUT2D eigenvalue weighted by molar-refractivity contribution is 0.0816. The van der Waals surface area contributed by atoms with Gasteiger partial charge in [0.05, 0.1) is 0 Å². The number of anilines is 1. The van der Waals surface area contributed by atoms with Crippen LogP contribution in [0.4, 0.5) is 5.82 Å². The number of aliphatic hydroxyl groups is 1. The number of halogens is 1. The zero-order valence-electron chi connectivity index (χ0n) is 16.0. The van der Waals surface area contributed by atoms with Crippen LogP contribution >= 0.6 is 11.6 Å². The average Bonchev–Trinajstić information content (AvgIpc) is 2.98. The molecule has 1 aromatic carbocycles. The summed E-state index contributed by atoms with van der Waals surface area (Å²) in [5, 5.41) is 9.71. The highest BCUT2D eigenvalue weighted by Crippen LogP contribution is 2.30. The van der Waals surface area contributed by atoms with Gasteiger partial charge >= 0.3 is 0 Å². The first-order valence-electron chi connectivity index (χ1n) is 9.40. The van der Waals surface area contributed by atoms with Gasteiger partial charge in [0.15, 0.2) is 5.82 Å². The van der Waals surface area contributed by atoms with Gasteiger partial charge in [-0.2, -0.15) is 0 Å². The van der Waals surface area contributed by atoms with Gasteiger partial charge < -0.3 is 19.6 Å². The monoisotopic (exact) mass is 402 g/mol.